The summed E-state index contributed by atoms with van der Waals surface area (Å²) in [4.78, 5) is 17.5. The van der Waals surface area contributed by atoms with Crippen LogP contribution in [-0.2, 0) is 14.6 Å². The zero-order chi connectivity index (χ0) is 15.7. The van der Waals surface area contributed by atoms with Gasteiger partial charge in [-0.3, -0.25) is 4.79 Å². The Labute approximate surface area is 132 Å². The molecule has 2 aliphatic rings. The summed E-state index contributed by atoms with van der Waals surface area (Å²) < 4.78 is 23.7. The number of amidine groups is 1. The molecule has 1 aromatic rings. The second-order valence-electron chi connectivity index (χ2n) is 5.13. The van der Waals surface area contributed by atoms with E-state index in [2.05, 4.69) is 4.99 Å². The van der Waals surface area contributed by atoms with Crippen LogP contribution in [0.1, 0.15) is 6.42 Å². The van der Waals surface area contributed by atoms with Crippen molar-refractivity contribution >= 4 is 38.4 Å². The van der Waals surface area contributed by atoms with Gasteiger partial charge in [-0.05, 0) is 12.1 Å². The molecule has 0 bridgehead atoms. The molecular weight excluding hydrogens is 322 g/mol. The van der Waals surface area contributed by atoms with E-state index >= 15 is 0 Å². The highest BCUT2D eigenvalue weighted by Gasteiger charge is 2.49. The van der Waals surface area contributed by atoms with E-state index in [1.165, 1.54) is 11.8 Å². The molecule has 0 aliphatic carbocycles. The standard InChI is InChI=1S/C14H13N3O3S2/c15-7-6-13(18)16-14-17(10-4-2-1-3-5-10)11-8-22(19,20)9-12(11)21-14/h1-5,11-12H,6,8-9H2. The third kappa shape index (κ3) is 2.87. The highest BCUT2D eigenvalue weighted by atomic mass is 32.2. The van der Waals surface area contributed by atoms with Gasteiger partial charge >= 0.3 is 0 Å². The zero-order valence-corrected chi connectivity index (χ0v) is 13.2. The van der Waals surface area contributed by atoms with Gasteiger partial charge in [0.15, 0.2) is 15.0 Å². The minimum absolute atomic E-state index is 0.0605. The number of hydrogen-bond donors (Lipinski definition) is 0. The Morgan fingerprint density at radius 2 is 2.09 bits per heavy atom. The van der Waals surface area contributed by atoms with Crippen LogP contribution in [0.5, 0.6) is 0 Å². The molecule has 6 nitrogen and oxygen atoms in total. The van der Waals surface area contributed by atoms with E-state index < -0.39 is 15.7 Å². The van der Waals surface area contributed by atoms with E-state index in [9.17, 15) is 13.2 Å². The second kappa shape index (κ2) is 5.74. The number of para-hydroxylation sites is 1. The van der Waals surface area contributed by atoms with E-state index in [4.69, 9.17) is 5.26 Å². The maximum atomic E-state index is 11.9. The van der Waals surface area contributed by atoms with E-state index in [0.717, 1.165) is 5.69 Å². The molecule has 2 fully saturated rings. The van der Waals surface area contributed by atoms with Gasteiger partial charge in [-0.15, -0.1) is 0 Å². The Morgan fingerprint density at radius 3 is 2.77 bits per heavy atom. The first-order valence-corrected chi connectivity index (χ1v) is 9.40. The van der Waals surface area contributed by atoms with Crippen molar-refractivity contribution in [2.75, 3.05) is 16.4 Å². The highest BCUT2D eigenvalue weighted by molar-refractivity contribution is 8.16. The van der Waals surface area contributed by atoms with Gasteiger partial charge in [0.1, 0.15) is 6.42 Å². The topological polar surface area (TPSA) is 90.6 Å². The molecule has 1 aromatic carbocycles. The molecule has 114 valence electrons. The van der Waals surface area contributed by atoms with Gasteiger partial charge in [0.2, 0.25) is 0 Å². The molecule has 0 saturated carbocycles. The normalized spacial score (nSPS) is 27.6. The Bertz CT molecular complexity index is 768. The van der Waals surface area contributed by atoms with E-state index in [1.54, 1.807) is 6.07 Å². The quantitative estimate of drug-likeness (QED) is 0.806. The number of benzene rings is 1. The lowest BCUT2D eigenvalue weighted by atomic mass is 10.2. The van der Waals surface area contributed by atoms with Gasteiger partial charge in [0, 0.05) is 10.9 Å². The van der Waals surface area contributed by atoms with Gasteiger partial charge in [0.25, 0.3) is 5.91 Å². The Kier molecular flexibility index (Phi) is 3.93. The van der Waals surface area contributed by atoms with Crippen LogP contribution < -0.4 is 4.90 Å². The fraction of sp³-hybridized carbons (Fsp3) is 0.357. The molecule has 2 saturated heterocycles. The van der Waals surface area contributed by atoms with Crippen LogP contribution in [-0.4, -0.2) is 42.3 Å². The number of amides is 1. The van der Waals surface area contributed by atoms with Crippen LogP contribution in [0.3, 0.4) is 0 Å². The molecular formula is C14H13N3O3S2. The maximum absolute atomic E-state index is 11.9. The Balaban J connectivity index is 1.98. The Morgan fingerprint density at radius 1 is 1.36 bits per heavy atom. The van der Waals surface area contributed by atoms with Gasteiger partial charge in [-0.1, -0.05) is 30.0 Å². The van der Waals surface area contributed by atoms with Crippen molar-refractivity contribution in [2.45, 2.75) is 17.7 Å². The number of anilines is 1. The predicted octanol–water partition coefficient (Wildman–Crippen LogP) is 1.20. The lowest BCUT2D eigenvalue weighted by molar-refractivity contribution is -0.116. The molecule has 0 radical (unpaired) electrons. The molecule has 0 aromatic heterocycles. The van der Waals surface area contributed by atoms with Crippen LogP contribution in [0.2, 0.25) is 0 Å². The largest absolute Gasteiger partial charge is 0.316 e. The molecule has 0 N–H and O–H groups in total. The summed E-state index contributed by atoms with van der Waals surface area (Å²) in [5.74, 6) is -0.351. The minimum Gasteiger partial charge on any atom is -0.316 e. The number of aliphatic imine (C=N–C) groups is 1. The van der Waals surface area contributed by atoms with Crippen molar-refractivity contribution < 1.29 is 13.2 Å². The van der Waals surface area contributed by atoms with Crippen molar-refractivity contribution in [3.8, 4) is 6.07 Å². The highest BCUT2D eigenvalue weighted by Crippen LogP contribution is 2.40. The summed E-state index contributed by atoms with van der Waals surface area (Å²) in [5.41, 5.74) is 0.808. The van der Waals surface area contributed by atoms with Gasteiger partial charge in [-0.2, -0.15) is 10.3 Å². The number of fused-ring (bicyclic) bond motifs is 1. The molecule has 2 atom stereocenters. The van der Waals surface area contributed by atoms with Crippen LogP contribution in [0, 0.1) is 11.3 Å². The second-order valence-corrected chi connectivity index (χ2v) is 8.49. The number of nitriles is 1. The van der Waals surface area contributed by atoms with Crippen molar-refractivity contribution in [3.63, 3.8) is 0 Å². The number of nitrogens with zero attached hydrogens (tertiary/aromatic N) is 3. The predicted molar refractivity (Wildman–Crippen MR) is 85.4 cm³/mol. The Hall–Kier alpha value is -1.85. The van der Waals surface area contributed by atoms with Crippen LogP contribution >= 0.6 is 11.8 Å². The van der Waals surface area contributed by atoms with E-state index in [0.29, 0.717) is 5.17 Å². The van der Waals surface area contributed by atoms with Gasteiger partial charge < -0.3 is 4.90 Å². The van der Waals surface area contributed by atoms with Crippen LogP contribution in [0.15, 0.2) is 35.3 Å². The van der Waals surface area contributed by atoms with Gasteiger partial charge in [0.05, 0.1) is 23.6 Å². The fourth-order valence-corrected chi connectivity index (χ4v) is 6.60. The maximum Gasteiger partial charge on any atom is 0.262 e. The minimum atomic E-state index is -3.06. The first kappa shape index (κ1) is 15.1. The summed E-state index contributed by atoms with van der Waals surface area (Å²) in [6.45, 7) is 0. The average molecular weight is 335 g/mol. The van der Waals surface area contributed by atoms with Gasteiger partial charge in [-0.25, -0.2) is 8.42 Å². The summed E-state index contributed by atoms with van der Waals surface area (Å²) in [5, 5.41) is 8.94. The van der Waals surface area contributed by atoms with E-state index in [-0.39, 0.29) is 29.2 Å². The third-order valence-corrected chi connectivity index (χ3v) is 6.76. The molecule has 3 rings (SSSR count). The summed E-state index contributed by atoms with van der Waals surface area (Å²) in [7, 11) is -3.06. The average Bonchev–Trinajstić information content (AvgIpc) is 2.91. The number of thioether (sulfide) groups is 1. The number of hydrogen-bond acceptors (Lipinski definition) is 5. The SMILES string of the molecule is N#CCC(=O)N=C1SC2CS(=O)(=O)CC2N1c1ccccc1. The smallest absolute Gasteiger partial charge is 0.262 e. The van der Waals surface area contributed by atoms with Crippen molar-refractivity contribution in [1.82, 2.24) is 0 Å². The van der Waals surface area contributed by atoms with Crippen molar-refractivity contribution in [3.05, 3.63) is 30.3 Å². The number of rotatable bonds is 2. The first-order valence-electron chi connectivity index (χ1n) is 6.70. The van der Waals surface area contributed by atoms with Crippen molar-refractivity contribution in [1.29, 1.82) is 5.26 Å². The third-order valence-electron chi connectivity index (χ3n) is 3.55. The molecule has 2 unspecified atom stereocenters. The monoisotopic (exact) mass is 335 g/mol. The fourth-order valence-electron chi connectivity index (χ4n) is 2.67. The summed E-state index contributed by atoms with van der Waals surface area (Å²) in [6.07, 6.45) is -0.277. The molecule has 2 aliphatic heterocycles. The molecule has 22 heavy (non-hydrogen) atoms. The van der Waals surface area contributed by atoms with Crippen LogP contribution in [0.25, 0.3) is 0 Å². The lowest BCUT2D eigenvalue weighted by Gasteiger charge is -2.24. The first-order chi connectivity index (χ1) is 10.5. The molecule has 0 spiro atoms. The molecule has 1 amide bonds. The molecule has 8 heteroatoms. The summed E-state index contributed by atoms with van der Waals surface area (Å²) in [6, 6.07) is 10.9. The summed E-state index contributed by atoms with van der Waals surface area (Å²) >= 11 is 1.31. The van der Waals surface area contributed by atoms with E-state index in [1.807, 2.05) is 35.2 Å². The van der Waals surface area contributed by atoms with Crippen LogP contribution in [0.4, 0.5) is 5.69 Å². The number of carbonyl (C=O) groups is 1. The molecule has 2 heterocycles. The number of sulfone groups is 1. The zero-order valence-electron chi connectivity index (χ0n) is 11.5. The van der Waals surface area contributed by atoms with Crippen molar-refractivity contribution in [2.24, 2.45) is 4.99 Å². The number of carbonyl (C=O) groups excluding carboxylic acids is 1. The lowest BCUT2D eigenvalue weighted by Crippen LogP contribution is -2.37.